The van der Waals surface area contributed by atoms with Gasteiger partial charge in [0, 0.05) is 20.2 Å². The first-order valence-corrected chi connectivity index (χ1v) is 12.6. The highest BCUT2D eigenvalue weighted by Gasteiger charge is 2.40. The van der Waals surface area contributed by atoms with E-state index in [-0.39, 0.29) is 25.1 Å². The van der Waals surface area contributed by atoms with Gasteiger partial charge in [0.05, 0.1) is 12.9 Å². The predicted molar refractivity (Wildman–Crippen MR) is 97.9 cm³/mol. The summed E-state index contributed by atoms with van der Waals surface area (Å²) in [6.45, 7) is 8.50. The van der Waals surface area contributed by atoms with E-state index in [1.165, 1.54) is 0 Å². The van der Waals surface area contributed by atoms with E-state index in [0.717, 1.165) is 18.2 Å². The van der Waals surface area contributed by atoms with Gasteiger partial charge in [0.15, 0.2) is 12.4 Å². The minimum Gasteiger partial charge on any atom is -0.493 e. The zero-order valence-corrected chi connectivity index (χ0v) is 16.2. The molecule has 0 amide bonds. The van der Waals surface area contributed by atoms with Crippen LogP contribution in [0.4, 0.5) is 0 Å². The van der Waals surface area contributed by atoms with Gasteiger partial charge in [-0.25, -0.2) is 0 Å². The van der Waals surface area contributed by atoms with Crippen molar-refractivity contribution < 1.29 is 23.7 Å². The summed E-state index contributed by atoms with van der Waals surface area (Å²) in [6, 6.07) is 11.1. The van der Waals surface area contributed by atoms with Gasteiger partial charge in [-0.1, -0.05) is 50.0 Å². The molecular weight excluding hydrogens is 336 g/mol. The number of fused-ring (bicyclic) bond motifs is 1. The lowest BCUT2D eigenvalue weighted by Crippen LogP contribution is -2.50. The van der Waals surface area contributed by atoms with E-state index in [1.54, 1.807) is 6.26 Å². The maximum atomic E-state index is 6.13. The summed E-state index contributed by atoms with van der Waals surface area (Å²) >= 11 is 0. The molecule has 5 nitrogen and oxygen atoms in total. The topological polar surface area (TPSA) is 46.2 Å². The molecule has 0 unspecified atom stereocenters. The molecule has 1 saturated heterocycles. The molecule has 1 fully saturated rings. The maximum Gasteiger partial charge on any atom is 0.184 e. The second-order valence-corrected chi connectivity index (χ2v) is 13.3. The quantitative estimate of drug-likeness (QED) is 0.419. The fourth-order valence-corrected chi connectivity index (χ4v) is 3.54. The largest absolute Gasteiger partial charge is 0.493 e. The van der Waals surface area contributed by atoms with Gasteiger partial charge in [-0.2, -0.15) is 0 Å². The van der Waals surface area contributed by atoms with Crippen LogP contribution in [0.25, 0.3) is 0 Å². The Morgan fingerprint density at radius 1 is 1.16 bits per heavy atom. The molecule has 0 saturated carbocycles. The summed E-state index contributed by atoms with van der Waals surface area (Å²) in [5.41, 5.74) is 1.00. The number of rotatable bonds is 7. The summed E-state index contributed by atoms with van der Waals surface area (Å²) in [5, 5.41) is 0. The van der Waals surface area contributed by atoms with Crippen LogP contribution in [0.15, 0.2) is 42.7 Å². The van der Waals surface area contributed by atoms with E-state index in [2.05, 4.69) is 19.6 Å². The van der Waals surface area contributed by atoms with Crippen LogP contribution in [0, 0.1) is 0 Å². The molecule has 3 rings (SSSR count). The van der Waals surface area contributed by atoms with Crippen molar-refractivity contribution in [3.8, 4) is 0 Å². The fraction of sp³-hybridized carbons (Fsp3) is 0.579. The minimum absolute atomic E-state index is 0.156. The Kier molecular flexibility index (Phi) is 6.30. The average Bonchev–Trinajstić information content (AvgIpc) is 2.61. The fourth-order valence-electron chi connectivity index (χ4n) is 2.78. The second-order valence-electron chi connectivity index (χ2n) is 7.65. The third kappa shape index (κ3) is 5.39. The van der Waals surface area contributed by atoms with Crippen LogP contribution in [-0.2, 0) is 23.7 Å². The van der Waals surface area contributed by atoms with Crippen LogP contribution >= 0.6 is 0 Å². The Labute approximate surface area is 150 Å². The smallest absolute Gasteiger partial charge is 0.184 e. The zero-order valence-electron chi connectivity index (χ0n) is 15.2. The molecule has 1 aromatic carbocycles. The van der Waals surface area contributed by atoms with Crippen molar-refractivity contribution in [2.24, 2.45) is 0 Å². The lowest BCUT2D eigenvalue weighted by molar-refractivity contribution is -0.285. The normalized spacial score (nSPS) is 29.1. The highest BCUT2D eigenvalue weighted by Crippen LogP contribution is 2.32. The van der Waals surface area contributed by atoms with E-state index in [4.69, 9.17) is 23.7 Å². The highest BCUT2D eigenvalue weighted by molar-refractivity contribution is 6.76. The second kappa shape index (κ2) is 8.47. The molecule has 25 heavy (non-hydrogen) atoms. The van der Waals surface area contributed by atoms with Crippen molar-refractivity contribution in [1.29, 1.82) is 0 Å². The molecule has 0 bridgehead atoms. The van der Waals surface area contributed by atoms with Gasteiger partial charge in [-0.15, -0.1) is 0 Å². The highest BCUT2D eigenvalue weighted by atomic mass is 28.3. The number of benzene rings is 1. The van der Waals surface area contributed by atoms with Crippen LogP contribution in [0.5, 0.6) is 0 Å². The van der Waals surface area contributed by atoms with Gasteiger partial charge in [0.25, 0.3) is 0 Å². The van der Waals surface area contributed by atoms with E-state index in [0.29, 0.717) is 6.61 Å². The van der Waals surface area contributed by atoms with Crippen molar-refractivity contribution >= 4 is 8.07 Å². The molecule has 0 N–H and O–H groups in total. The van der Waals surface area contributed by atoms with Crippen LogP contribution in [0.1, 0.15) is 11.9 Å². The van der Waals surface area contributed by atoms with Gasteiger partial charge >= 0.3 is 0 Å². The molecule has 4 atom stereocenters. The first-order valence-electron chi connectivity index (χ1n) is 8.86. The van der Waals surface area contributed by atoms with Crippen molar-refractivity contribution in [2.45, 2.75) is 50.3 Å². The molecule has 138 valence electrons. The van der Waals surface area contributed by atoms with Crippen molar-refractivity contribution in [3.63, 3.8) is 0 Å². The third-order valence-corrected chi connectivity index (χ3v) is 6.02. The summed E-state index contributed by atoms with van der Waals surface area (Å²) in [5.74, 6) is 0. The number of hydrogen-bond donors (Lipinski definition) is 0. The molecule has 0 aromatic heterocycles. The minimum atomic E-state index is -1.08. The first kappa shape index (κ1) is 18.6. The van der Waals surface area contributed by atoms with Gasteiger partial charge in [-0.3, -0.25) is 0 Å². The monoisotopic (exact) mass is 364 g/mol. The summed E-state index contributed by atoms with van der Waals surface area (Å²) in [7, 11) is -1.08. The molecule has 0 radical (unpaired) electrons. The Morgan fingerprint density at radius 3 is 2.72 bits per heavy atom. The van der Waals surface area contributed by atoms with Crippen molar-refractivity contribution in [1.82, 2.24) is 0 Å². The average molecular weight is 365 g/mol. The number of ether oxygens (including phenoxy) is 5. The standard InChI is InChI=1S/C19H28O5Si/c1-25(2,3)12-11-20-14-23-16-9-10-21-17-13-22-19(24-18(16)17)15-7-5-4-6-8-15/h4-10,16-19H,11-14H2,1-3H3/t16-,17+,18-,19+/m0/s1. The van der Waals surface area contributed by atoms with Gasteiger partial charge in [-0.05, 0) is 12.1 Å². The Balaban J connectivity index is 1.52. The van der Waals surface area contributed by atoms with Crippen LogP contribution in [-0.4, -0.2) is 46.4 Å². The molecule has 1 aromatic rings. The molecule has 6 heteroatoms. The number of hydrogen-bond acceptors (Lipinski definition) is 5. The van der Waals surface area contributed by atoms with Crippen LogP contribution in [0.3, 0.4) is 0 Å². The third-order valence-electron chi connectivity index (χ3n) is 4.32. The Bertz CT molecular complexity index is 557. The van der Waals surface area contributed by atoms with Crippen molar-refractivity contribution in [3.05, 3.63) is 48.2 Å². The summed E-state index contributed by atoms with van der Waals surface area (Å²) in [6.07, 6.45) is 2.61. The summed E-state index contributed by atoms with van der Waals surface area (Å²) in [4.78, 5) is 0. The predicted octanol–water partition coefficient (Wildman–Crippen LogP) is 3.71. The molecule has 2 heterocycles. The molecule has 2 aliphatic rings. The van der Waals surface area contributed by atoms with E-state index in [9.17, 15) is 0 Å². The van der Waals surface area contributed by atoms with Gasteiger partial charge < -0.3 is 23.7 Å². The van der Waals surface area contributed by atoms with E-state index in [1.807, 2.05) is 36.4 Å². The molecule has 0 aliphatic carbocycles. The maximum absolute atomic E-state index is 6.13. The molecule has 0 spiro atoms. The van der Waals surface area contributed by atoms with Crippen LogP contribution in [0.2, 0.25) is 25.7 Å². The lowest BCUT2D eigenvalue weighted by atomic mass is 10.0. The lowest BCUT2D eigenvalue weighted by Gasteiger charge is -2.40. The van der Waals surface area contributed by atoms with Crippen molar-refractivity contribution in [2.75, 3.05) is 20.0 Å². The van der Waals surface area contributed by atoms with Gasteiger partial charge in [0.2, 0.25) is 0 Å². The van der Waals surface area contributed by atoms with E-state index < -0.39 is 14.4 Å². The van der Waals surface area contributed by atoms with Crippen LogP contribution < -0.4 is 0 Å². The molecule has 2 aliphatic heterocycles. The SMILES string of the molecule is C[Si](C)(C)CCOCO[C@H]1C=CO[C@@H]2CO[C@@H](c3ccccc3)O[C@@H]12. The zero-order chi connectivity index (χ0) is 17.7. The molecular formula is C19H28O5Si. The van der Waals surface area contributed by atoms with Gasteiger partial charge in [0.1, 0.15) is 19.0 Å². The Hall–Kier alpha value is -1.18. The summed E-state index contributed by atoms with van der Waals surface area (Å²) < 4.78 is 29.1. The Morgan fingerprint density at radius 2 is 1.96 bits per heavy atom. The first-order chi connectivity index (χ1) is 12.0. The van der Waals surface area contributed by atoms with E-state index >= 15 is 0 Å².